The summed E-state index contributed by atoms with van der Waals surface area (Å²) in [7, 11) is 0. The average Bonchev–Trinajstić information content (AvgIpc) is 2.92. The van der Waals surface area contributed by atoms with E-state index in [4.69, 9.17) is 15.2 Å². The number of nitrogens with two attached hydrogens (primary N) is 1. The van der Waals surface area contributed by atoms with Gasteiger partial charge in [0.25, 0.3) is 0 Å². The molecule has 20 heavy (non-hydrogen) atoms. The first kappa shape index (κ1) is 13.0. The molecule has 0 unspecified atom stereocenters. The maximum Gasteiger partial charge on any atom is 0.246 e. The van der Waals surface area contributed by atoms with E-state index in [-0.39, 0.29) is 18.7 Å². The van der Waals surface area contributed by atoms with Crippen LogP contribution in [0.4, 0.5) is 0 Å². The van der Waals surface area contributed by atoms with Crippen molar-refractivity contribution in [3.63, 3.8) is 0 Å². The summed E-state index contributed by atoms with van der Waals surface area (Å²) in [6.45, 7) is 1.69. The van der Waals surface area contributed by atoms with Gasteiger partial charge in [0.1, 0.15) is 0 Å². The second-order valence-electron chi connectivity index (χ2n) is 5.13. The Morgan fingerprint density at radius 2 is 2.20 bits per heavy atom. The highest BCUT2D eigenvalue weighted by atomic mass is 16.7. The fourth-order valence-electron chi connectivity index (χ4n) is 2.50. The van der Waals surface area contributed by atoms with E-state index in [1.807, 2.05) is 18.2 Å². The van der Waals surface area contributed by atoms with Crippen LogP contribution in [0.2, 0.25) is 0 Å². The molecular weight excluding hydrogens is 256 g/mol. The molecule has 1 atom stereocenters. The molecule has 0 bridgehead atoms. The van der Waals surface area contributed by atoms with Gasteiger partial charge in [-0.3, -0.25) is 4.79 Å². The minimum absolute atomic E-state index is 0.0119. The highest BCUT2D eigenvalue weighted by Crippen LogP contribution is 2.32. The summed E-state index contributed by atoms with van der Waals surface area (Å²) in [6.07, 6.45) is 5.36. The van der Waals surface area contributed by atoms with Crippen LogP contribution in [-0.4, -0.2) is 36.7 Å². The van der Waals surface area contributed by atoms with Gasteiger partial charge in [-0.05, 0) is 36.6 Å². The van der Waals surface area contributed by atoms with Crippen molar-refractivity contribution in [1.29, 1.82) is 0 Å². The van der Waals surface area contributed by atoms with Crippen molar-refractivity contribution < 1.29 is 14.3 Å². The van der Waals surface area contributed by atoms with E-state index in [0.29, 0.717) is 6.54 Å². The minimum Gasteiger partial charge on any atom is -0.454 e. The van der Waals surface area contributed by atoms with Crippen LogP contribution in [0.1, 0.15) is 18.4 Å². The van der Waals surface area contributed by atoms with E-state index >= 15 is 0 Å². The number of likely N-dealkylation sites (tertiary alicyclic amines) is 1. The van der Waals surface area contributed by atoms with Crippen LogP contribution >= 0.6 is 0 Å². The molecule has 0 aliphatic carbocycles. The fourth-order valence-corrected chi connectivity index (χ4v) is 2.50. The van der Waals surface area contributed by atoms with E-state index in [9.17, 15) is 4.79 Å². The first-order chi connectivity index (χ1) is 9.72. The number of carbonyl (C=O) groups excluding carboxylic acids is 1. The number of hydrogen-bond donors (Lipinski definition) is 1. The maximum absolute atomic E-state index is 12.1. The molecule has 1 amide bonds. The van der Waals surface area contributed by atoms with E-state index in [2.05, 4.69) is 0 Å². The molecule has 5 nitrogen and oxygen atoms in total. The molecule has 0 saturated carbocycles. The molecule has 0 spiro atoms. The van der Waals surface area contributed by atoms with Crippen molar-refractivity contribution in [2.45, 2.75) is 18.9 Å². The number of fused-ring (bicyclic) bond motifs is 1. The number of benzene rings is 1. The third-order valence-corrected chi connectivity index (χ3v) is 3.58. The lowest BCUT2D eigenvalue weighted by atomic mass is 10.1. The molecule has 1 fully saturated rings. The van der Waals surface area contributed by atoms with Crippen LogP contribution < -0.4 is 15.2 Å². The Morgan fingerprint density at radius 3 is 3.05 bits per heavy atom. The average molecular weight is 274 g/mol. The Balaban J connectivity index is 1.66. The molecule has 3 rings (SSSR count). The zero-order valence-corrected chi connectivity index (χ0v) is 11.2. The third kappa shape index (κ3) is 2.77. The number of amides is 1. The number of hydrogen-bond acceptors (Lipinski definition) is 4. The van der Waals surface area contributed by atoms with Gasteiger partial charge in [0.15, 0.2) is 11.5 Å². The van der Waals surface area contributed by atoms with Crippen molar-refractivity contribution in [1.82, 2.24) is 4.90 Å². The molecule has 1 aromatic carbocycles. The highest BCUT2D eigenvalue weighted by molar-refractivity contribution is 5.92. The number of nitrogens with zero attached hydrogens (tertiary/aromatic N) is 1. The quantitative estimate of drug-likeness (QED) is 0.827. The van der Waals surface area contributed by atoms with Crippen molar-refractivity contribution in [3.8, 4) is 11.5 Å². The molecule has 5 heteroatoms. The molecule has 2 N–H and O–H groups in total. The van der Waals surface area contributed by atoms with Crippen LogP contribution in [0.5, 0.6) is 11.5 Å². The van der Waals surface area contributed by atoms with Gasteiger partial charge in [-0.15, -0.1) is 0 Å². The molecule has 0 aromatic heterocycles. The maximum atomic E-state index is 12.1. The second-order valence-corrected chi connectivity index (χ2v) is 5.13. The van der Waals surface area contributed by atoms with Crippen LogP contribution in [0, 0.1) is 0 Å². The summed E-state index contributed by atoms with van der Waals surface area (Å²) in [5.41, 5.74) is 6.80. The van der Waals surface area contributed by atoms with Crippen molar-refractivity contribution in [2.24, 2.45) is 5.73 Å². The van der Waals surface area contributed by atoms with Crippen molar-refractivity contribution in [2.75, 3.05) is 19.9 Å². The van der Waals surface area contributed by atoms with Crippen LogP contribution in [0.3, 0.4) is 0 Å². The zero-order valence-electron chi connectivity index (χ0n) is 11.2. The van der Waals surface area contributed by atoms with E-state index in [1.165, 1.54) is 0 Å². The summed E-state index contributed by atoms with van der Waals surface area (Å²) in [5.74, 6) is 1.48. The summed E-state index contributed by atoms with van der Waals surface area (Å²) in [6, 6.07) is 5.72. The molecular formula is C15H18N2O3. The molecule has 2 aliphatic heterocycles. The summed E-state index contributed by atoms with van der Waals surface area (Å²) in [5, 5.41) is 0. The third-order valence-electron chi connectivity index (χ3n) is 3.58. The van der Waals surface area contributed by atoms with Gasteiger partial charge >= 0.3 is 0 Å². The van der Waals surface area contributed by atoms with Gasteiger partial charge in [-0.1, -0.05) is 6.07 Å². The number of piperidine rings is 1. The Kier molecular flexibility index (Phi) is 3.60. The fraction of sp³-hybridized carbons (Fsp3) is 0.400. The molecule has 2 aliphatic rings. The lowest BCUT2D eigenvalue weighted by molar-refractivity contribution is -0.127. The van der Waals surface area contributed by atoms with E-state index in [0.717, 1.165) is 36.4 Å². The monoisotopic (exact) mass is 274 g/mol. The Labute approximate surface area is 118 Å². The smallest absolute Gasteiger partial charge is 0.246 e. The first-order valence-corrected chi connectivity index (χ1v) is 6.84. The summed E-state index contributed by atoms with van der Waals surface area (Å²) >= 11 is 0. The van der Waals surface area contributed by atoms with Gasteiger partial charge in [0.05, 0.1) is 0 Å². The standard InChI is InChI=1S/C15H18N2O3/c16-12-2-1-7-17(9-12)15(18)6-4-11-3-5-13-14(8-11)20-10-19-13/h3-6,8,12H,1-2,7,9-10,16H2/b6-4+/t12-/m1/s1. The van der Waals surface area contributed by atoms with Crippen molar-refractivity contribution in [3.05, 3.63) is 29.8 Å². The van der Waals surface area contributed by atoms with Crippen LogP contribution in [-0.2, 0) is 4.79 Å². The second kappa shape index (κ2) is 5.54. The van der Waals surface area contributed by atoms with Crippen molar-refractivity contribution >= 4 is 12.0 Å². The van der Waals surface area contributed by atoms with Gasteiger partial charge in [0.2, 0.25) is 12.7 Å². The number of ether oxygens (including phenoxy) is 2. The lowest BCUT2D eigenvalue weighted by Gasteiger charge is -2.29. The Morgan fingerprint density at radius 1 is 1.35 bits per heavy atom. The van der Waals surface area contributed by atoms with Gasteiger partial charge in [0, 0.05) is 25.2 Å². The highest BCUT2D eigenvalue weighted by Gasteiger charge is 2.19. The summed E-state index contributed by atoms with van der Waals surface area (Å²) < 4.78 is 10.6. The zero-order chi connectivity index (χ0) is 13.9. The Bertz CT molecular complexity index is 542. The van der Waals surface area contributed by atoms with Crippen LogP contribution in [0.15, 0.2) is 24.3 Å². The molecule has 106 valence electrons. The normalized spacial score (nSPS) is 21.4. The topological polar surface area (TPSA) is 64.8 Å². The SMILES string of the molecule is N[C@@H]1CCCN(C(=O)/C=C/c2ccc3c(c2)OCO3)C1. The largest absolute Gasteiger partial charge is 0.454 e. The first-order valence-electron chi connectivity index (χ1n) is 6.84. The molecule has 0 radical (unpaired) electrons. The van der Waals surface area contributed by atoms with Gasteiger partial charge < -0.3 is 20.1 Å². The van der Waals surface area contributed by atoms with E-state index in [1.54, 1.807) is 17.1 Å². The summed E-state index contributed by atoms with van der Waals surface area (Å²) in [4.78, 5) is 13.9. The van der Waals surface area contributed by atoms with E-state index < -0.39 is 0 Å². The predicted molar refractivity (Wildman–Crippen MR) is 75.4 cm³/mol. The lowest BCUT2D eigenvalue weighted by Crippen LogP contribution is -2.45. The van der Waals surface area contributed by atoms with Crippen LogP contribution in [0.25, 0.3) is 6.08 Å². The molecule has 1 aromatic rings. The number of carbonyl (C=O) groups is 1. The Hall–Kier alpha value is -2.01. The number of rotatable bonds is 2. The van der Waals surface area contributed by atoms with Gasteiger partial charge in [-0.25, -0.2) is 0 Å². The van der Waals surface area contributed by atoms with Gasteiger partial charge in [-0.2, -0.15) is 0 Å². The predicted octanol–water partition coefficient (Wildman–Crippen LogP) is 1.38. The molecule has 1 saturated heterocycles. The minimum atomic E-state index is 0.0119. The molecule has 2 heterocycles.